The van der Waals surface area contributed by atoms with Crippen LogP contribution in [0, 0.1) is 0 Å². The Hall–Kier alpha value is -1.10. The number of morpholine rings is 1. The van der Waals surface area contributed by atoms with Crippen LogP contribution >= 0.6 is 0 Å². The molecule has 1 aliphatic heterocycles. The number of para-hydroxylation sites is 1. The quantitative estimate of drug-likeness (QED) is 0.838. The van der Waals surface area contributed by atoms with E-state index in [4.69, 9.17) is 9.47 Å². The second-order valence-corrected chi connectivity index (χ2v) is 3.98. The minimum Gasteiger partial charge on any atom is -0.494 e. The molecule has 2 rings (SSSR count). The lowest BCUT2D eigenvalue weighted by Gasteiger charge is -2.27. The first-order valence-electron chi connectivity index (χ1n) is 6.17. The molecular weight excluding hydrogens is 216 g/mol. The summed E-state index contributed by atoms with van der Waals surface area (Å²) in [5.74, 6) is 0.968. The first kappa shape index (κ1) is 12.4. The van der Waals surface area contributed by atoms with E-state index in [9.17, 15) is 0 Å². The second-order valence-electron chi connectivity index (χ2n) is 3.98. The number of ether oxygens (including phenoxy) is 2. The summed E-state index contributed by atoms with van der Waals surface area (Å²) in [6, 6.07) is 8.15. The van der Waals surface area contributed by atoms with Gasteiger partial charge in [-0.1, -0.05) is 18.2 Å². The molecule has 0 atom stereocenters. The molecule has 0 spiro atoms. The number of nitrogens with one attached hydrogen (secondary N) is 1. The van der Waals surface area contributed by atoms with Crippen molar-refractivity contribution in [2.75, 3.05) is 32.9 Å². The van der Waals surface area contributed by atoms with Gasteiger partial charge in [0.2, 0.25) is 0 Å². The molecule has 1 N–H and O–H groups in total. The summed E-state index contributed by atoms with van der Waals surface area (Å²) < 4.78 is 10.9. The van der Waals surface area contributed by atoms with Crippen molar-refractivity contribution in [1.82, 2.24) is 10.4 Å². The van der Waals surface area contributed by atoms with Gasteiger partial charge in [0.25, 0.3) is 0 Å². The minimum absolute atomic E-state index is 0.703. The van der Waals surface area contributed by atoms with Gasteiger partial charge in [-0.25, -0.2) is 5.01 Å². The summed E-state index contributed by atoms with van der Waals surface area (Å²) >= 11 is 0. The highest BCUT2D eigenvalue weighted by atomic mass is 16.5. The van der Waals surface area contributed by atoms with Gasteiger partial charge in [0.05, 0.1) is 19.8 Å². The summed E-state index contributed by atoms with van der Waals surface area (Å²) in [5.41, 5.74) is 4.61. The molecule has 0 bridgehead atoms. The third kappa shape index (κ3) is 3.70. The third-order valence-electron chi connectivity index (χ3n) is 2.78. The minimum atomic E-state index is 0.703. The van der Waals surface area contributed by atoms with Crippen molar-refractivity contribution < 1.29 is 9.47 Å². The predicted molar refractivity (Wildman–Crippen MR) is 66.8 cm³/mol. The first-order valence-corrected chi connectivity index (χ1v) is 6.17. The lowest BCUT2D eigenvalue weighted by Crippen LogP contribution is -2.45. The van der Waals surface area contributed by atoms with Crippen LogP contribution in [0.15, 0.2) is 24.3 Å². The monoisotopic (exact) mass is 236 g/mol. The van der Waals surface area contributed by atoms with E-state index in [0.29, 0.717) is 6.61 Å². The summed E-state index contributed by atoms with van der Waals surface area (Å²) in [7, 11) is 0. The van der Waals surface area contributed by atoms with E-state index in [1.54, 1.807) is 0 Å². The lowest BCUT2D eigenvalue weighted by atomic mass is 10.2. The molecule has 1 fully saturated rings. The number of hydrogen-bond donors (Lipinski definition) is 1. The molecular formula is C13H20N2O2. The zero-order chi connectivity index (χ0) is 11.9. The molecule has 0 aliphatic carbocycles. The van der Waals surface area contributed by atoms with Crippen molar-refractivity contribution in [3.63, 3.8) is 0 Å². The molecule has 17 heavy (non-hydrogen) atoms. The molecule has 1 saturated heterocycles. The summed E-state index contributed by atoms with van der Waals surface area (Å²) in [4.78, 5) is 0. The van der Waals surface area contributed by atoms with Crippen LogP contribution in [0.5, 0.6) is 5.75 Å². The van der Waals surface area contributed by atoms with Gasteiger partial charge < -0.3 is 9.47 Å². The Morgan fingerprint density at radius 2 is 2.06 bits per heavy atom. The fourth-order valence-electron chi connectivity index (χ4n) is 1.86. The molecule has 4 nitrogen and oxygen atoms in total. The highest BCUT2D eigenvalue weighted by Gasteiger charge is 2.10. The van der Waals surface area contributed by atoms with E-state index < -0.39 is 0 Å². The lowest BCUT2D eigenvalue weighted by molar-refractivity contribution is 0.0104. The Morgan fingerprint density at radius 1 is 1.29 bits per heavy atom. The van der Waals surface area contributed by atoms with Crippen molar-refractivity contribution >= 4 is 0 Å². The van der Waals surface area contributed by atoms with Crippen LogP contribution in [0.4, 0.5) is 0 Å². The Labute approximate surface area is 102 Å². The van der Waals surface area contributed by atoms with Crippen LogP contribution < -0.4 is 10.2 Å². The van der Waals surface area contributed by atoms with Crippen molar-refractivity contribution in [2.24, 2.45) is 0 Å². The molecule has 1 aromatic carbocycles. The largest absolute Gasteiger partial charge is 0.494 e. The summed E-state index contributed by atoms with van der Waals surface area (Å²) in [6.07, 6.45) is 0. The topological polar surface area (TPSA) is 33.7 Å². The molecule has 1 heterocycles. The molecule has 0 unspecified atom stereocenters. The van der Waals surface area contributed by atoms with Crippen molar-refractivity contribution in [3.05, 3.63) is 29.8 Å². The molecule has 0 radical (unpaired) electrons. The summed E-state index contributed by atoms with van der Waals surface area (Å²) in [5, 5.41) is 2.20. The van der Waals surface area contributed by atoms with Gasteiger partial charge in [0, 0.05) is 25.2 Å². The summed E-state index contributed by atoms with van der Waals surface area (Å²) in [6.45, 7) is 7.00. The maximum Gasteiger partial charge on any atom is 0.123 e. The normalized spacial score (nSPS) is 17.0. The van der Waals surface area contributed by atoms with Gasteiger partial charge in [0.1, 0.15) is 5.75 Å². The molecule has 1 aliphatic rings. The van der Waals surface area contributed by atoms with Gasteiger partial charge in [-0.05, 0) is 13.0 Å². The maximum atomic E-state index is 5.59. The fraction of sp³-hybridized carbons (Fsp3) is 0.538. The SMILES string of the molecule is CCOc1ccccc1CNN1CCOCC1. The van der Waals surface area contributed by atoms with E-state index in [2.05, 4.69) is 16.5 Å². The smallest absolute Gasteiger partial charge is 0.123 e. The van der Waals surface area contributed by atoms with Crippen molar-refractivity contribution in [1.29, 1.82) is 0 Å². The van der Waals surface area contributed by atoms with E-state index in [0.717, 1.165) is 38.6 Å². The molecule has 0 amide bonds. The van der Waals surface area contributed by atoms with E-state index >= 15 is 0 Å². The standard InChI is InChI=1S/C13H20N2O2/c1-2-17-13-6-4-3-5-12(13)11-14-15-7-9-16-10-8-15/h3-6,14H,2,7-11H2,1H3. The Balaban J connectivity index is 1.88. The number of benzene rings is 1. The van der Waals surface area contributed by atoms with Crippen molar-refractivity contribution in [2.45, 2.75) is 13.5 Å². The molecule has 4 heteroatoms. The van der Waals surface area contributed by atoms with Crippen LogP contribution in [0.3, 0.4) is 0 Å². The van der Waals surface area contributed by atoms with Gasteiger partial charge in [-0.2, -0.15) is 0 Å². The molecule has 1 aromatic rings. The average molecular weight is 236 g/mol. The van der Waals surface area contributed by atoms with Crippen LogP contribution in [0.2, 0.25) is 0 Å². The highest BCUT2D eigenvalue weighted by molar-refractivity contribution is 5.33. The Kier molecular flexibility index (Phi) is 4.79. The second kappa shape index (κ2) is 6.59. The predicted octanol–water partition coefficient (Wildman–Crippen LogP) is 1.42. The fourth-order valence-corrected chi connectivity index (χ4v) is 1.86. The van der Waals surface area contributed by atoms with Crippen LogP contribution in [-0.4, -0.2) is 37.9 Å². The number of rotatable bonds is 5. The number of hydrazine groups is 1. The van der Waals surface area contributed by atoms with Gasteiger partial charge in [-0.3, -0.25) is 5.43 Å². The van der Waals surface area contributed by atoms with Gasteiger partial charge in [-0.15, -0.1) is 0 Å². The van der Waals surface area contributed by atoms with E-state index in [1.165, 1.54) is 5.56 Å². The van der Waals surface area contributed by atoms with Crippen LogP contribution in [0.25, 0.3) is 0 Å². The molecule has 94 valence electrons. The zero-order valence-electron chi connectivity index (χ0n) is 10.3. The maximum absolute atomic E-state index is 5.59. The highest BCUT2D eigenvalue weighted by Crippen LogP contribution is 2.17. The number of hydrogen-bond acceptors (Lipinski definition) is 4. The van der Waals surface area contributed by atoms with E-state index in [1.807, 2.05) is 25.1 Å². The van der Waals surface area contributed by atoms with Crippen LogP contribution in [0.1, 0.15) is 12.5 Å². The zero-order valence-corrected chi connectivity index (χ0v) is 10.3. The Morgan fingerprint density at radius 3 is 2.82 bits per heavy atom. The molecule has 0 saturated carbocycles. The Bertz CT molecular complexity index is 338. The number of nitrogens with zero attached hydrogens (tertiary/aromatic N) is 1. The first-order chi connectivity index (χ1) is 8.40. The van der Waals surface area contributed by atoms with Gasteiger partial charge >= 0.3 is 0 Å². The molecule has 0 aromatic heterocycles. The van der Waals surface area contributed by atoms with Crippen LogP contribution in [-0.2, 0) is 11.3 Å². The van der Waals surface area contributed by atoms with Gasteiger partial charge in [0.15, 0.2) is 0 Å². The van der Waals surface area contributed by atoms with Crippen molar-refractivity contribution in [3.8, 4) is 5.75 Å². The average Bonchev–Trinajstić information content (AvgIpc) is 2.39. The van der Waals surface area contributed by atoms with E-state index in [-0.39, 0.29) is 0 Å². The third-order valence-corrected chi connectivity index (χ3v) is 2.78.